The summed E-state index contributed by atoms with van der Waals surface area (Å²) in [6, 6.07) is 12.1. The van der Waals surface area contributed by atoms with E-state index in [4.69, 9.17) is 4.98 Å². The number of carbonyl (C=O) groups is 1. The Bertz CT molecular complexity index is 1720. The van der Waals surface area contributed by atoms with E-state index in [0.717, 1.165) is 81.6 Å². The number of benzene rings is 1. The summed E-state index contributed by atoms with van der Waals surface area (Å²) < 4.78 is 0. The molecule has 1 aliphatic heterocycles. The molecule has 1 aromatic carbocycles. The highest BCUT2D eigenvalue weighted by Crippen LogP contribution is 2.36. The number of rotatable bonds is 5. The standard InChI is InChI=1S/C30H26N8O/c39-30(18-4-1-2-5-18)35-22-10-21(13-32-14-22)19-7-8-26-23(11-19)25(16-34-38-26)29-36-27-17-33-15-24(28(27)37-29)20-6-3-9-31-12-20/h3,6-18,34,38H,1-2,4-5H2,(H,35,39)(H,36,37). The molecule has 192 valence electrons. The zero-order valence-electron chi connectivity index (χ0n) is 21.1. The number of aromatic nitrogens is 5. The van der Waals surface area contributed by atoms with Gasteiger partial charge in [0.05, 0.1) is 34.8 Å². The van der Waals surface area contributed by atoms with E-state index >= 15 is 0 Å². The average Bonchev–Trinajstić information content (AvgIpc) is 3.68. The van der Waals surface area contributed by atoms with Crippen LogP contribution in [0.15, 0.2) is 79.8 Å². The van der Waals surface area contributed by atoms with Gasteiger partial charge in [-0.05, 0) is 42.7 Å². The van der Waals surface area contributed by atoms with Gasteiger partial charge in [0.15, 0.2) is 0 Å². The Morgan fingerprint density at radius 1 is 0.872 bits per heavy atom. The molecule has 5 aromatic rings. The van der Waals surface area contributed by atoms with Gasteiger partial charge in [-0.2, -0.15) is 0 Å². The summed E-state index contributed by atoms with van der Waals surface area (Å²) >= 11 is 0. The predicted octanol–water partition coefficient (Wildman–Crippen LogP) is 5.53. The number of hydrogen-bond acceptors (Lipinski definition) is 7. The molecule has 4 aromatic heterocycles. The number of fused-ring (bicyclic) bond motifs is 2. The Balaban J connectivity index is 1.23. The smallest absolute Gasteiger partial charge is 0.227 e. The molecule has 5 heterocycles. The number of nitrogens with one attached hydrogen (secondary N) is 4. The SMILES string of the molecule is O=C(Nc1cncc(-c2ccc3c(c2)C(c2nc4c(-c5cccnc5)cncc4[nH]2)=CNN3)c1)C1CCCC1. The van der Waals surface area contributed by atoms with Crippen LogP contribution < -0.4 is 16.2 Å². The summed E-state index contributed by atoms with van der Waals surface area (Å²) in [5, 5.41) is 3.06. The van der Waals surface area contributed by atoms with Crippen molar-refractivity contribution in [2.75, 3.05) is 10.7 Å². The quantitative estimate of drug-likeness (QED) is 0.243. The lowest BCUT2D eigenvalue weighted by Gasteiger charge is -2.20. The number of imidazole rings is 1. The fourth-order valence-electron chi connectivity index (χ4n) is 5.41. The van der Waals surface area contributed by atoms with E-state index in [1.165, 1.54) is 0 Å². The number of aromatic amines is 1. The van der Waals surface area contributed by atoms with Crippen LogP contribution in [0.5, 0.6) is 0 Å². The molecule has 9 heteroatoms. The van der Waals surface area contributed by atoms with E-state index in [1.807, 2.05) is 55.1 Å². The van der Waals surface area contributed by atoms with Gasteiger partial charge in [0.25, 0.3) is 0 Å². The van der Waals surface area contributed by atoms with Crippen molar-refractivity contribution in [1.82, 2.24) is 30.3 Å². The van der Waals surface area contributed by atoms with Crippen LogP contribution in [0.1, 0.15) is 37.1 Å². The highest BCUT2D eigenvalue weighted by molar-refractivity contribution is 5.96. The highest BCUT2D eigenvalue weighted by Gasteiger charge is 2.23. The van der Waals surface area contributed by atoms with Crippen LogP contribution >= 0.6 is 0 Å². The molecule has 2 aliphatic rings. The van der Waals surface area contributed by atoms with Crippen LogP contribution in [0, 0.1) is 5.92 Å². The van der Waals surface area contributed by atoms with Crippen LogP contribution in [0.3, 0.4) is 0 Å². The van der Waals surface area contributed by atoms with Gasteiger partial charge in [0, 0.05) is 64.7 Å². The number of H-pyrrole nitrogens is 1. The van der Waals surface area contributed by atoms with Crippen LogP contribution in [-0.4, -0.2) is 30.8 Å². The molecule has 39 heavy (non-hydrogen) atoms. The summed E-state index contributed by atoms with van der Waals surface area (Å²) in [6.45, 7) is 0. The second kappa shape index (κ2) is 9.68. The van der Waals surface area contributed by atoms with E-state index < -0.39 is 0 Å². The third-order valence-electron chi connectivity index (χ3n) is 7.42. The maximum Gasteiger partial charge on any atom is 0.227 e. The first-order chi connectivity index (χ1) is 19.2. The van der Waals surface area contributed by atoms with Crippen LogP contribution in [0.4, 0.5) is 11.4 Å². The van der Waals surface area contributed by atoms with Gasteiger partial charge >= 0.3 is 0 Å². The third-order valence-corrected chi connectivity index (χ3v) is 7.42. The fourth-order valence-corrected chi connectivity index (χ4v) is 5.41. The molecule has 1 saturated carbocycles. The first-order valence-electron chi connectivity index (χ1n) is 13.1. The van der Waals surface area contributed by atoms with Crippen molar-refractivity contribution in [2.45, 2.75) is 25.7 Å². The lowest BCUT2D eigenvalue weighted by molar-refractivity contribution is -0.119. The Morgan fingerprint density at radius 2 is 1.74 bits per heavy atom. The summed E-state index contributed by atoms with van der Waals surface area (Å²) in [5.74, 6) is 0.912. The molecule has 1 fully saturated rings. The van der Waals surface area contributed by atoms with Gasteiger partial charge in [-0.1, -0.05) is 25.0 Å². The normalized spacial score (nSPS) is 14.8. The number of carbonyl (C=O) groups excluding carboxylic acids is 1. The number of anilines is 2. The van der Waals surface area contributed by atoms with Crippen molar-refractivity contribution < 1.29 is 4.79 Å². The van der Waals surface area contributed by atoms with Gasteiger partial charge < -0.3 is 21.2 Å². The maximum absolute atomic E-state index is 12.7. The van der Waals surface area contributed by atoms with E-state index in [1.54, 1.807) is 18.6 Å². The zero-order valence-corrected chi connectivity index (χ0v) is 21.1. The number of amides is 1. The number of nitrogens with zero attached hydrogens (tertiary/aromatic N) is 4. The molecule has 0 unspecified atom stereocenters. The number of hydrogen-bond donors (Lipinski definition) is 4. The second-order valence-corrected chi connectivity index (χ2v) is 9.93. The molecule has 9 nitrogen and oxygen atoms in total. The first-order valence-corrected chi connectivity index (χ1v) is 13.1. The molecule has 0 radical (unpaired) electrons. The number of pyridine rings is 3. The minimum Gasteiger partial charge on any atom is -0.337 e. The zero-order chi connectivity index (χ0) is 26.2. The maximum atomic E-state index is 12.7. The summed E-state index contributed by atoms with van der Waals surface area (Å²) in [5.41, 5.74) is 15.4. The van der Waals surface area contributed by atoms with Gasteiger partial charge in [0.2, 0.25) is 5.91 Å². The van der Waals surface area contributed by atoms with Gasteiger partial charge in [-0.25, -0.2) is 4.98 Å². The van der Waals surface area contributed by atoms with Crippen molar-refractivity contribution in [3.63, 3.8) is 0 Å². The van der Waals surface area contributed by atoms with Crippen molar-refractivity contribution in [3.05, 3.63) is 91.2 Å². The average molecular weight is 515 g/mol. The van der Waals surface area contributed by atoms with Crippen LogP contribution in [-0.2, 0) is 4.79 Å². The van der Waals surface area contributed by atoms with Crippen molar-refractivity contribution >= 4 is 33.9 Å². The Kier molecular flexibility index (Phi) is 5.73. The molecule has 4 N–H and O–H groups in total. The number of hydrazine groups is 1. The van der Waals surface area contributed by atoms with E-state index in [-0.39, 0.29) is 11.8 Å². The highest BCUT2D eigenvalue weighted by atomic mass is 16.1. The molecule has 0 spiro atoms. The topological polar surface area (TPSA) is 121 Å². The lowest BCUT2D eigenvalue weighted by Crippen LogP contribution is -2.21. The minimum atomic E-state index is 0.0856. The third kappa shape index (κ3) is 4.37. The molecule has 1 aliphatic carbocycles. The van der Waals surface area contributed by atoms with Gasteiger partial charge in [0.1, 0.15) is 5.82 Å². The Labute approximate surface area is 224 Å². The van der Waals surface area contributed by atoms with Crippen LogP contribution in [0.25, 0.3) is 38.9 Å². The molecule has 0 saturated heterocycles. The summed E-state index contributed by atoms with van der Waals surface area (Å²) in [6.07, 6.45) is 16.8. The summed E-state index contributed by atoms with van der Waals surface area (Å²) in [4.78, 5) is 34.2. The second-order valence-electron chi connectivity index (χ2n) is 9.93. The van der Waals surface area contributed by atoms with Gasteiger partial charge in [-0.3, -0.25) is 19.7 Å². The Morgan fingerprint density at radius 3 is 2.62 bits per heavy atom. The molecule has 0 bridgehead atoms. The first kappa shape index (κ1) is 23.1. The molecule has 0 atom stereocenters. The van der Waals surface area contributed by atoms with Crippen LogP contribution in [0.2, 0.25) is 0 Å². The van der Waals surface area contributed by atoms with Crippen molar-refractivity contribution in [1.29, 1.82) is 0 Å². The van der Waals surface area contributed by atoms with E-state index in [2.05, 4.69) is 42.2 Å². The Hall–Kier alpha value is -5.05. The lowest BCUT2D eigenvalue weighted by atomic mass is 9.97. The molecule has 1 amide bonds. The fraction of sp³-hybridized carbons (Fsp3) is 0.167. The minimum absolute atomic E-state index is 0.0856. The largest absolute Gasteiger partial charge is 0.337 e. The monoisotopic (exact) mass is 514 g/mol. The van der Waals surface area contributed by atoms with E-state index in [0.29, 0.717) is 5.69 Å². The molecule has 7 rings (SSSR count). The predicted molar refractivity (Wildman–Crippen MR) is 151 cm³/mol. The van der Waals surface area contributed by atoms with Gasteiger partial charge in [-0.15, -0.1) is 0 Å². The summed E-state index contributed by atoms with van der Waals surface area (Å²) in [7, 11) is 0. The molecular weight excluding hydrogens is 488 g/mol. The van der Waals surface area contributed by atoms with E-state index in [9.17, 15) is 4.79 Å². The molecular formula is C30H26N8O. The van der Waals surface area contributed by atoms with Crippen molar-refractivity contribution in [3.8, 4) is 22.3 Å². The van der Waals surface area contributed by atoms with Crippen molar-refractivity contribution in [2.24, 2.45) is 5.92 Å².